The zero-order valence-corrected chi connectivity index (χ0v) is 10.3. The first-order valence-electron chi connectivity index (χ1n) is 6.10. The predicted molar refractivity (Wildman–Crippen MR) is 75.1 cm³/mol. The monoisotopic (exact) mass is 250 g/mol. The number of hydrogen-bond acceptors (Lipinski definition) is 4. The van der Waals surface area contributed by atoms with Crippen molar-refractivity contribution in [2.24, 2.45) is 5.84 Å². The standard InChI is InChI=1S/C15H14N4/c16-19-14(15-17-8-3-9-18-15)13-7-6-11-4-1-2-5-12(11)10-13/h1-10,14,19H,16H2. The number of hydrogen-bond donors (Lipinski definition) is 2. The molecule has 3 rings (SSSR count). The number of nitrogens with zero attached hydrogens (tertiary/aromatic N) is 2. The molecule has 1 aromatic heterocycles. The summed E-state index contributed by atoms with van der Waals surface area (Å²) >= 11 is 0. The first kappa shape index (κ1) is 11.8. The molecule has 0 amide bonds. The van der Waals surface area contributed by atoms with Crippen LogP contribution < -0.4 is 11.3 Å². The van der Waals surface area contributed by atoms with E-state index in [4.69, 9.17) is 5.84 Å². The second-order valence-corrected chi connectivity index (χ2v) is 4.31. The van der Waals surface area contributed by atoms with Gasteiger partial charge in [-0.1, -0.05) is 36.4 Å². The van der Waals surface area contributed by atoms with E-state index in [1.54, 1.807) is 18.5 Å². The Morgan fingerprint density at radius 3 is 2.37 bits per heavy atom. The van der Waals surface area contributed by atoms with Gasteiger partial charge in [-0.25, -0.2) is 15.4 Å². The molecule has 0 bridgehead atoms. The van der Waals surface area contributed by atoms with Gasteiger partial charge in [0.2, 0.25) is 0 Å². The van der Waals surface area contributed by atoms with Gasteiger partial charge in [-0.05, 0) is 28.5 Å². The van der Waals surface area contributed by atoms with Crippen LogP contribution >= 0.6 is 0 Å². The minimum atomic E-state index is -0.203. The summed E-state index contributed by atoms with van der Waals surface area (Å²) in [6.45, 7) is 0. The van der Waals surface area contributed by atoms with E-state index in [2.05, 4.69) is 39.7 Å². The Bertz CT molecular complexity index is 682. The van der Waals surface area contributed by atoms with Gasteiger partial charge < -0.3 is 0 Å². The van der Waals surface area contributed by atoms with Crippen molar-refractivity contribution in [2.45, 2.75) is 6.04 Å². The molecule has 0 fully saturated rings. The molecule has 0 spiro atoms. The summed E-state index contributed by atoms with van der Waals surface area (Å²) in [5.41, 5.74) is 3.82. The Morgan fingerprint density at radius 2 is 1.63 bits per heavy atom. The van der Waals surface area contributed by atoms with E-state index in [0.29, 0.717) is 5.82 Å². The maximum absolute atomic E-state index is 5.65. The molecule has 3 aromatic rings. The molecule has 0 saturated heterocycles. The number of rotatable bonds is 3. The summed E-state index contributed by atoms with van der Waals surface area (Å²) in [6.07, 6.45) is 3.43. The number of fused-ring (bicyclic) bond motifs is 1. The molecule has 0 aliphatic heterocycles. The maximum Gasteiger partial charge on any atom is 0.150 e. The van der Waals surface area contributed by atoms with Crippen LogP contribution in [0, 0.1) is 0 Å². The van der Waals surface area contributed by atoms with Crippen molar-refractivity contribution in [1.82, 2.24) is 15.4 Å². The van der Waals surface area contributed by atoms with Gasteiger partial charge in [-0.3, -0.25) is 5.84 Å². The Hall–Kier alpha value is -2.30. The molecule has 19 heavy (non-hydrogen) atoms. The van der Waals surface area contributed by atoms with Gasteiger partial charge in [0.05, 0.1) is 0 Å². The van der Waals surface area contributed by atoms with Gasteiger partial charge in [0, 0.05) is 12.4 Å². The molecule has 4 nitrogen and oxygen atoms in total. The van der Waals surface area contributed by atoms with Crippen LogP contribution in [0.25, 0.3) is 10.8 Å². The number of benzene rings is 2. The van der Waals surface area contributed by atoms with E-state index >= 15 is 0 Å². The normalized spacial score (nSPS) is 12.5. The Morgan fingerprint density at radius 1 is 0.895 bits per heavy atom. The fourth-order valence-electron chi connectivity index (χ4n) is 2.17. The molecule has 1 atom stereocenters. The summed E-state index contributed by atoms with van der Waals surface area (Å²) in [5, 5.41) is 2.38. The molecule has 1 heterocycles. The van der Waals surface area contributed by atoms with Gasteiger partial charge >= 0.3 is 0 Å². The van der Waals surface area contributed by atoms with Crippen LogP contribution in [-0.4, -0.2) is 9.97 Å². The Labute approximate surface area is 111 Å². The van der Waals surface area contributed by atoms with Crippen LogP contribution in [0.15, 0.2) is 60.9 Å². The molecular formula is C15H14N4. The van der Waals surface area contributed by atoms with Crippen LogP contribution in [0.3, 0.4) is 0 Å². The van der Waals surface area contributed by atoms with Crippen LogP contribution in [-0.2, 0) is 0 Å². The highest BCUT2D eigenvalue weighted by molar-refractivity contribution is 5.83. The zero-order chi connectivity index (χ0) is 13.1. The highest BCUT2D eigenvalue weighted by atomic mass is 15.2. The summed E-state index contributed by atoms with van der Waals surface area (Å²) in [7, 11) is 0. The fourth-order valence-corrected chi connectivity index (χ4v) is 2.17. The first-order chi connectivity index (χ1) is 9.38. The molecule has 0 saturated carbocycles. The van der Waals surface area contributed by atoms with Crippen LogP contribution in [0.5, 0.6) is 0 Å². The van der Waals surface area contributed by atoms with E-state index in [1.165, 1.54) is 10.8 Å². The number of nitrogens with two attached hydrogens (primary N) is 1. The lowest BCUT2D eigenvalue weighted by Gasteiger charge is -2.15. The van der Waals surface area contributed by atoms with E-state index in [1.807, 2.05) is 18.2 Å². The second kappa shape index (κ2) is 5.14. The minimum absolute atomic E-state index is 0.203. The Kier molecular flexibility index (Phi) is 3.18. The highest BCUT2D eigenvalue weighted by Crippen LogP contribution is 2.22. The van der Waals surface area contributed by atoms with Crippen molar-refractivity contribution >= 4 is 10.8 Å². The summed E-state index contributed by atoms with van der Waals surface area (Å²) in [6, 6.07) is 16.0. The summed E-state index contributed by atoms with van der Waals surface area (Å²) in [4.78, 5) is 8.51. The average Bonchev–Trinajstić information content (AvgIpc) is 2.49. The van der Waals surface area contributed by atoms with Crippen molar-refractivity contribution in [3.63, 3.8) is 0 Å². The smallest absolute Gasteiger partial charge is 0.150 e. The van der Waals surface area contributed by atoms with Crippen LogP contribution in [0.1, 0.15) is 17.4 Å². The van der Waals surface area contributed by atoms with E-state index in [-0.39, 0.29) is 6.04 Å². The predicted octanol–water partition coefficient (Wildman–Crippen LogP) is 2.18. The van der Waals surface area contributed by atoms with Gasteiger partial charge in [0.25, 0.3) is 0 Å². The average molecular weight is 250 g/mol. The van der Waals surface area contributed by atoms with E-state index in [0.717, 1.165) is 5.56 Å². The Balaban J connectivity index is 2.06. The van der Waals surface area contributed by atoms with Gasteiger partial charge in [0.15, 0.2) is 5.82 Å². The van der Waals surface area contributed by atoms with Crippen molar-refractivity contribution in [3.8, 4) is 0 Å². The van der Waals surface area contributed by atoms with Crippen LogP contribution in [0.2, 0.25) is 0 Å². The topological polar surface area (TPSA) is 63.8 Å². The lowest BCUT2D eigenvalue weighted by Crippen LogP contribution is -2.30. The lowest BCUT2D eigenvalue weighted by atomic mass is 10.0. The maximum atomic E-state index is 5.65. The van der Waals surface area contributed by atoms with Crippen LogP contribution in [0.4, 0.5) is 0 Å². The van der Waals surface area contributed by atoms with E-state index in [9.17, 15) is 0 Å². The molecule has 0 radical (unpaired) electrons. The molecule has 3 N–H and O–H groups in total. The molecule has 4 heteroatoms. The first-order valence-corrected chi connectivity index (χ1v) is 6.10. The molecule has 94 valence electrons. The quantitative estimate of drug-likeness (QED) is 0.552. The third-order valence-corrected chi connectivity index (χ3v) is 3.12. The number of hydrazine groups is 1. The summed E-state index contributed by atoms with van der Waals surface area (Å²) < 4.78 is 0. The van der Waals surface area contributed by atoms with Crippen molar-refractivity contribution in [1.29, 1.82) is 0 Å². The SMILES string of the molecule is NNC(c1ccc2ccccc2c1)c1ncccn1. The van der Waals surface area contributed by atoms with Crippen molar-refractivity contribution < 1.29 is 0 Å². The lowest BCUT2D eigenvalue weighted by molar-refractivity contribution is 0.602. The third-order valence-electron chi connectivity index (χ3n) is 3.12. The number of nitrogens with one attached hydrogen (secondary N) is 1. The highest BCUT2D eigenvalue weighted by Gasteiger charge is 2.14. The molecule has 1 unspecified atom stereocenters. The molecule has 0 aliphatic rings. The molecule has 0 aliphatic carbocycles. The van der Waals surface area contributed by atoms with Crippen molar-refractivity contribution in [3.05, 3.63) is 72.3 Å². The third kappa shape index (κ3) is 2.31. The molecular weight excluding hydrogens is 236 g/mol. The zero-order valence-electron chi connectivity index (χ0n) is 10.3. The van der Waals surface area contributed by atoms with Crippen molar-refractivity contribution in [2.75, 3.05) is 0 Å². The van der Waals surface area contributed by atoms with Gasteiger partial charge in [-0.2, -0.15) is 0 Å². The largest absolute Gasteiger partial charge is 0.270 e. The van der Waals surface area contributed by atoms with E-state index < -0.39 is 0 Å². The van der Waals surface area contributed by atoms with Gasteiger partial charge in [-0.15, -0.1) is 0 Å². The fraction of sp³-hybridized carbons (Fsp3) is 0.0667. The number of aromatic nitrogens is 2. The molecule has 2 aromatic carbocycles. The summed E-state index contributed by atoms with van der Waals surface area (Å²) in [5.74, 6) is 6.32. The minimum Gasteiger partial charge on any atom is -0.270 e. The second-order valence-electron chi connectivity index (χ2n) is 4.31. The van der Waals surface area contributed by atoms with Gasteiger partial charge in [0.1, 0.15) is 6.04 Å².